The van der Waals surface area contributed by atoms with Gasteiger partial charge in [0.15, 0.2) is 0 Å². The Morgan fingerprint density at radius 2 is 2.05 bits per heavy atom. The van der Waals surface area contributed by atoms with E-state index in [2.05, 4.69) is 0 Å². The van der Waals surface area contributed by atoms with Crippen LogP contribution < -0.4 is 0 Å². The van der Waals surface area contributed by atoms with Crippen LogP contribution in [0, 0.1) is 0 Å². The zero-order valence-electron chi connectivity index (χ0n) is 10.2. The van der Waals surface area contributed by atoms with E-state index < -0.39 is 17.7 Å². The molecule has 0 aromatic heterocycles. The molecule has 0 spiro atoms. The first-order chi connectivity index (χ1) is 8.70. The molecule has 0 aliphatic carbocycles. The Morgan fingerprint density at radius 3 is 2.58 bits per heavy atom. The molecule has 0 aliphatic heterocycles. The molecular formula is C12H13ClF3NO2. The number of hydrogen-bond acceptors (Lipinski definition) is 2. The van der Waals surface area contributed by atoms with Crippen molar-refractivity contribution in [1.82, 2.24) is 4.90 Å². The summed E-state index contributed by atoms with van der Waals surface area (Å²) in [7, 11) is 1.62. The van der Waals surface area contributed by atoms with Crippen molar-refractivity contribution in [3.05, 3.63) is 34.3 Å². The highest BCUT2D eigenvalue weighted by molar-refractivity contribution is 6.31. The summed E-state index contributed by atoms with van der Waals surface area (Å²) in [5.41, 5.74) is -0.442. The minimum atomic E-state index is -4.42. The summed E-state index contributed by atoms with van der Waals surface area (Å²) >= 11 is 5.84. The van der Waals surface area contributed by atoms with Gasteiger partial charge in [-0.3, -0.25) is 4.79 Å². The molecular weight excluding hydrogens is 283 g/mol. The van der Waals surface area contributed by atoms with Crippen molar-refractivity contribution in [3.63, 3.8) is 0 Å². The van der Waals surface area contributed by atoms with Crippen LogP contribution in [0.4, 0.5) is 13.2 Å². The Hall–Kier alpha value is -1.27. The number of alkyl halides is 3. The second-order valence-corrected chi connectivity index (χ2v) is 4.59. The van der Waals surface area contributed by atoms with E-state index in [1.54, 1.807) is 11.9 Å². The van der Waals surface area contributed by atoms with Gasteiger partial charge in [-0.1, -0.05) is 11.6 Å². The molecule has 1 N–H and O–H groups in total. The molecule has 0 aliphatic rings. The van der Waals surface area contributed by atoms with Crippen LogP contribution in [0.5, 0.6) is 0 Å². The van der Waals surface area contributed by atoms with Crippen LogP contribution in [-0.2, 0) is 17.5 Å². The van der Waals surface area contributed by atoms with Gasteiger partial charge in [-0.2, -0.15) is 13.2 Å². The van der Waals surface area contributed by atoms with Gasteiger partial charge in [-0.15, -0.1) is 0 Å². The Kier molecular flexibility index (Phi) is 5.20. The van der Waals surface area contributed by atoms with E-state index in [4.69, 9.17) is 16.7 Å². The molecule has 0 heterocycles. The third-order valence-corrected chi connectivity index (χ3v) is 2.89. The molecule has 7 heteroatoms. The fourth-order valence-corrected chi connectivity index (χ4v) is 1.71. The van der Waals surface area contributed by atoms with E-state index >= 15 is 0 Å². The number of halogens is 4. The van der Waals surface area contributed by atoms with Crippen molar-refractivity contribution in [3.8, 4) is 0 Å². The normalized spacial score (nSPS) is 11.9. The molecule has 1 aromatic carbocycles. The lowest BCUT2D eigenvalue weighted by molar-refractivity contribution is -0.138. The summed E-state index contributed by atoms with van der Waals surface area (Å²) in [6.07, 6.45) is -4.49. The van der Waals surface area contributed by atoms with Crippen molar-refractivity contribution in [2.45, 2.75) is 19.1 Å². The van der Waals surface area contributed by atoms with Gasteiger partial charge in [0.1, 0.15) is 0 Å². The molecule has 0 atom stereocenters. The lowest BCUT2D eigenvalue weighted by Crippen LogP contribution is -2.21. The Balaban J connectivity index is 2.80. The van der Waals surface area contributed by atoms with Crippen LogP contribution in [0.2, 0.25) is 5.02 Å². The molecule has 106 valence electrons. The molecule has 0 saturated carbocycles. The van der Waals surface area contributed by atoms with Gasteiger partial charge in [0.05, 0.1) is 12.0 Å². The zero-order valence-corrected chi connectivity index (χ0v) is 10.9. The van der Waals surface area contributed by atoms with Crippen molar-refractivity contribution < 1.29 is 23.1 Å². The number of carbonyl (C=O) groups is 1. The number of carboxylic acids is 1. The maximum atomic E-state index is 12.6. The summed E-state index contributed by atoms with van der Waals surface area (Å²) in [6.45, 7) is 0.401. The summed E-state index contributed by atoms with van der Waals surface area (Å²) < 4.78 is 37.7. The van der Waals surface area contributed by atoms with Crippen molar-refractivity contribution in [2.75, 3.05) is 13.6 Å². The predicted octanol–water partition coefficient (Wildman–Crippen LogP) is 3.27. The molecule has 1 aromatic rings. The molecule has 0 radical (unpaired) electrons. The van der Waals surface area contributed by atoms with E-state index in [1.165, 1.54) is 6.07 Å². The molecule has 0 fully saturated rings. The number of carboxylic acid groups (broad SMARTS) is 1. The van der Waals surface area contributed by atoms with Gasteiger partial charge in [-0.05, 0) is 30.8 Å². The van der Waals surface area contributed by atoms with E-state index in [0.717, 1.165) is 12.1 Å². The van der Waals surface area contributed by atoms with Crippen LogP contribution in [0.3, 0.4) is 0 Å². The first-order valence-corrected chi connectivity index (χ1v) is 5.84. The lowest BCUT2D eigenvalue weighted by Gasteiger charge is -2.17. The SMILES string of the molecule is CN(CCC(=O)O)Cc1cc(C(F)(F)F)ccc1Cl. The van der Waals surface area contributed by atoms with E-state index in [1.807, 2.05) is 0 Å². The highest BCUT2D eigenvalue weighted by Gasteiger charge is 2.30. The van der Waals surface area contributed by atoms with Gasteiger partial charge in [0, 0.05) is 18.1 Å². The summed E-state index contributed by atoms with van der Waals surface area (Å²) in [4.78, 5) is 12.0. The minimum Gasteiger partial charge on any atom is -0.481 e. The quantitative estimate of drug-likeness (QED) is 0.906. The first-order valence-electron chi connectivity index (χ1n) is 5.46. The second-order valence-electron chi connectivity index (χ2n) is 4.19. The average molecular weight is 296 g/mol. The molecule has 0 saturated heterocycles. The topological polar surface area (TPSA) is 40.5 Å². The van der Waals surface area contributed by atoms with Gasteiger partial charge in [0.2, 0.25) is 0 Å². The number of nitrogens with zero attached hydrogens (tertiary/aromatic N) is 1. The van der Waals surface area contributed by atoms with Crippen molar-refractivity contribution in [2.24, 2.45) is 0 Å². The van der Waals surface area contributed by atoms with Crippen molar-refractivity contribution in [1.29, 1.82) is 0 Å². The van der Waals surface area contributed by atoms with Crippen molar-refractivity contribution >= 4 is 17.6 Å². The smallest absolute Gasteiger partial charge is 0.416 e. The minimum absolute atomic E-state index is 0.0763. The fourth-order valence-electron chi connectivity index (χ4n) is 1.53. The largest absolute Gasteiger partial charge is 0.481 e. The Labute approximate surface area is 113 Å². The standard InChI is InChI=1S/C12H13ClF3NO2/c1-17(5-4-11(18)19)7-8-6-9(12(14,15)16)2-3-10(8)13/h2-3,6H,4-5,7H2,1H3,(H,18,19). The average Bonchev–Trinajstić information content (AvgIpc) is 2.28. The highest BCUT2D eigenvalue weighted by atomic mass is 35.5. The van der Waals surface area contributed by atoms with Crippen LogP contribution in [0.15, 0.2) is 18.2 Å². The predicted molar refractivity (Wildman–Crippen MR) is 65.0 cm³/mol. The Morgan fingerprint density at radius 1 is 1.42 bits per heavy atom. The number of rotatable bonds is 5. The summed E-state index contributed by atoms with van der Waals surface area (Å²) in [6, 6.07) is 3.10. The molecule has 0 bridgehead atoms. The second kappa shape index (κ2) is 6.25. The third-order valence-electron chi connectivity index (χ3n) is 2.52. The number of aliphatic carboxylic acids is 1. The van der Waals surface area contributed by atoms with E-state index in [0.29, 0.717) is 5.56 Å². The number of benzene rings is 1. The highest BCUT2D eigenvalue weighted by Crippen LogP contribution is 2.32. The lowest BCUT2D eigenvalue weighted by atomic mass is 10.1. The molecule has 19 heavy (non-hydrogen) atoms. The maximum absolute atomic E-state index is 12.6. The fraction of sp³-hybridized carbons (Fsp3) is 0.417. The summed E-state index contributed by atoms with van der Waals surface area (Å²) in [5.74, 6) is -0.956. The van der Waals surface area contributed by atoms with Crippen LogP contribution in [-0.4, -0.2) is 29.6 Å². The number of hydrogen-bond donors (Lipinski definition) is 1. The van der Waals surface area contributed by atoms with Crippen LogP contribution in [0.1, 0.15) is 17.5 Å². The maximum Gasteiger partial charge on any atom is 0.416 e. The van der Waals surface area contributed by atoms with E-state index in [9.17, 15) is 18.0 Å². The Bertz CT molecular complexity index is 463. The van der Waals surface area contributed by atoms with Crippen LogP contribution in [0.25, 0.3) is 0 Å². The van der Waals surface area contributed by atoms with Crippen LogP contribution >= 0.6 is 11.6 Å². The van der Waals surface area contributed by atoms with E-state index in [-0.39, 0.29) is 24.5 Å². The molecule has 0 unspecified atom stereocenters. The van der Waals surface area contributed by atoms with Gasteiger partial charge in [-0.25, -0.2) is 0 Å². The molecule has 3 nitrogen and oxygen atoms in total. The monoisotopic (exact) mass is 295 g/mol. The third kappa shape index (κ3) is 5.08. The molecule has 1 rings (SSSR count). The summed E-state index contributed by atoms with van der Waals surface area (Å²) in [5, 5.41) is 8.76. The first kappa shape index (κ1) is 15.8. The van der Waals surface area contributed by atoms with Gasteiger partial charge < -0.3 is 10.0 Å². The molecule has 0 amide bonds. The van der Waals surface area contributed by atoms with Gasteiger partial charge >= 0.3 is 12.1 Å². The zero-order chi connectivity index (χ0) is 14.6. The van der Waals surface area contributed by atoms with Gasteiger partial charge in [0.25, 0.3) is 0 Å².